The number of nitrogens with one attached hydrogen (secondary N) is 1. The van der Waals surface area contributed by atoms with E-state index in [9.17, 15) is 22.7 Å². The number of phenols is 1. The first kappa shape index (κ1) is 22.5. The van der Waals surface area contributed by atoms with Gasteiger partial charge in [-0.2, -0.15) is 0 Å². The van der Waals surface area contributed by atoms with Gasteiger partial charge >= 0.3 is 0 Å². The van der Waals surface area contributed by atoms with Gasteiger partial charge in [0.15, 0.2) is 0 Å². The fourth-order valence-corrected chi connectivity index (χ4v) is 4.28. The molecule has 2 rings (SSSR count). The van der Waals surface area contributed by atoms with Crippen LogP contribution in [0.15, 0.2) is 53.4 Å². The summed E-state index contributed by atoms with van der Waals surface area (Å²) in [4.78, 5) is 11.0. The molecule has 7 nitrogen and oxygen atoms in total. The number of halogens is 2. The molecule has 0 aromatic heterocycles. The molecular weight excluding hydrogens is 421 g/mol. The third kappa shape index (κ3) is 5.18. The minimum atomic E-state index is -4.30. The number of sulfonamides is 1. The Morgan fingerprint density at radius 1 is 1.34 bits per heavy atom. The Kier molecular flexibility index (Phi) is 6.76. The Bertz CT molecular complexity index is 1060. The first-order chi connectivity index (χ1) is 13.4. The second-order valence-corrected chi connectivity index (χ2v) is 8.69. The van der Waals surface area contributed by atoms with Crippen LogP contribution >= 0.6 is 11.6 Å². The zero-order valence-electron chi connectivity index (χ0n) is 15.8. The number of hydrogen-bond acceptors (Lipinski definition) is 5. The molecule has 0 fully saturated rings. The third-order valence-corrected chi connectivity index (χ3v) is 6.17. The van der Waals surface area contributed by atoms with E-state index in [1.807, 2.05) is 0 Å². The maximum Gasteiger partial charge on any atom is 0.264 e. The van der Waals surface area contributed by atoms with Crippen LogP contribution in [0.1, 0.15) is 13.8 Å². The van der Waals surface area contributed by atoms with E-state index in [0.29, 0.717) is 5.57 Å². The molecule has 29 heavy (non-hydrogen) atoms. The van der Waals surface area contributed by atoms with Gasteiger partial charge in [0.2, 0.25) is 5.91 Å². The van der Waals surface area contributed by atoms with Crippen molar-refractivity contribution in [1.82, 2.24) is 5.32 Å². The zero-order valence-corrected chi connectivity index (χ0v) is 17.4. The van der Waals surface area contributed by atoms with E-state index in [1.165, 1.54) is 25.1 Å². The van der Waals surface area contributed by atoms with Crippen molar-refractivity contribution in [3.8, 4) is 5.75 Å². The van der Waals surface area contributed by atoms with E-state index in [0.717, 1.165) is 22.5 Å². The zero-order chi connectivity index (χ0) is 21.9. The van der Waals surface area contributed by atoms with Gasteiger partial charge in [-0.25, -0.2) is 12.8 Å². The molecule has 0 saturated heterocycles. The number of carbonyl (C=O) groups is 1. The Hall–Kier alpha value is -2.78. The van der Waals surface area contributed by atoms with Gasteiger partial charge in [-0.05, 0) is 48.9 Å². The number of rotatable bonds is 7. The molecule has 0 spiro atoms. The number of nitrogens with zero attached hydrogens (tertiary/aromatic N) is 1. The summed E-state index contributed by atoms with van der Waals surface area (Å²) >= 11 is 5.75. The van der Waals surface area contributed by atoms with Crippen LogP contribution in [-0.4, -0.2) is 32.0 Å². The summed E-state index contributed by atoms with van der Waals surface area (Å²) in [7, 11) is -4.30. The van der Waals surface area contributed by atoms with Crippen molar-refractivity contribution < 1.29 is 22.7 Å². The number of amides is 1. The second kappa shape index (κ2) is 8.71. The van der Waals surface area contributed by atoms with Gasteiger partial charge in [-0.15, -0.1) is 0 Å². The monoisotopic (exact) mass is 441 g/mol. The number of aromatic hydroxyl groups is 1. The van der Waals surface area contributed by atoms with Crippen LogP contribution in [0.5, 0.6) is 5.75 Å². The lowest BCUT2D eigenvalue weighted by Gasteiger charge is -2.28. The second-order valence-electron chi connectivity index (χ2n) is 6.42. The Labute approximate surface area is 173 Å². The quantitative estimate of drug-likeness (QED) is 0.347. The van der Waals surface area contributed by atoms with Gasteiger partial charge < -0.3 is 16.2 Å². The Morgan fingerprint density at radius 2 is 2.00 bits per heavy atom. The smallest absolute Gasteiger partial charge is 0.264 e. The van der Waals surface area contributed by atoms with Crippen LogP contribution in [0, 0.1) is 5.82 Å². The summed E-state index contributed by atoms with van der Waals surface area (Å²) in [5.41, 5.74) is 6.23. The maximum absolute atomic E-state index is 13.5. The van der Waals surface area contributed by atoms with Crippen molar-refractivity contribution in [3.05, 3.63) is 59.4 Å². The molecule has 156 valence electrons. The molecule has 2 aromatic carbocycles. The van der Waals surface area contributed by atoms with Crippen molar-refractivity contribution in [2.45, 2.75) is 24.8 Å². The molecule has 10 heteroatoms. The number of hydrogen-bond donors (Lipinski definition) is 3. The first-order valence-electron chi connectivity index (χ1n) is 8.44. The van der Waals surface area contributed by atoms with E-state index < -0.39 is 21.9 Å². The fraction of sp³-hybridized carbons (Fsp3) is 0.211. The third-order valence-electron chi connectivity index (χ3n) is 4.13. The number of benzene rings is 2. The van der Waals surface area contributed by atoms with E-state index >= 15 is 0 Å². The largest absolute Gasteiger partial charge is 0.506 e. The molecule has 1 unspecified atom stereocenters. The van der Waals surface area contributed by atoms with Crippen LogP contribution in [0.25, 0.3) is 0 Å². The van der Waals surface area contributed by atoms with Crippen LogP contribution in [0.4, 0.5) is 15.8 Å². The lowest BCUT2D eigenvalue weighted by molar-refractivity contribution is -0.119. The molecule has 0 heterocycles. The van der Waals surface area contributed by atoms with E-state index in [2.05, 4.69) is 11.9 Å². The van der Waals surface area contributed by atoms with E-state index in [-0.39, 0.29) is 39.5 Å². The molecule has 2 aromatic rings. The molecule has 1 amide bonds. The Balaban J connectivity index is 2.57. The number of phenolic OH excluding ortho intramolecular Hbond substituents is 1. The molecule has 0 aliphatic carbocycles. The molecule has 0 radical (unpaired) electrons. The molecule has 0 saturated carbocycles. The standard InChI is InChI=1S/C19H21ClFN3O4S/c1-11(12(2)23-13(3)25)10-24(18-8-14(22)4-7-19(18)26)29(27,28)15-5-6-17(21)16(20)9-15/h4-9,12,26H,1,10,22H2,2-3H3,(H,23,25). The van der Waals surface area contributed by atoms with Crippen molar-refractivity contribution in [2.24, 2.45) is 0 Å². The van der Waals surface area contributed by atoms with Gasteiger partial charge in [0, 0.05) is 18.7 Å². The maximum atomic E-state index is 13.5. The van der Waals surface area contributed by atoms with Gasteiger partial charge in [-0.1, -0.05) is 18.2 Å². The van der Waals surface area contributed by atoms with Crippen LogP contribution in [0.2, 0.25) is 5.02 Å². The van der Waals surface area contributed by atoms with Gasteiger partial charge in [0.1, 0.15) is 11.6 Å². The topological polar surface area (TPSA) is 113 Å². The summed E-state index contributed by atoms with van der Waals surface area (Å²) in [6, 6.07) is 6.37. The number of anilines is 2. The highest BCUT2D eigenvalue weighted by atomic mass is 35.5. The van der Waals surface area contributed by atoms with Crippen molar-refractivity contribution in [3.63, 3.8) is 0 Å². The predicted octanol–water partition coefficient (Wildman–Crippen LogP) is 3.04. The fourth-order valence-electron chi connectivity index (χ4n) is 2.53. The summed E-state index contributed by atoms with van der Waals surface area (Å²) in [5.74, 6) is -1.42. The highest BCUT2D eigenvalue weighted by molar-refractivity contribution is 7.92. The SMILES string of the molecule is C=C(CN(c1cc(N)ccc1O)S(=O)(=O)c1ccc(F)c(Cl)c1)C(C)NC(C)=O. The number of nitrogens with two attached hydrogens (primary N) is 1. The molecular formula is C19H21ClFN3O4S. The van der Waals surface area contributed by atoms with Crippen LogP contribution in [0.3, 0.4) is 0 Å². The van der Waals surface area contributed by atoms with E-state index in [4.69, 9.17) is 17.3 Å². The summed E-state index contributed by atoms with van der Waals surface area (Å²) in [6.45, 7) is 6.53. The predicted molar refractivity (Wildman–Crippen MR) is 111 cm³/mol. The Morgan fingerprint density at radius 3 is 2.59 bits per heavy atom. The van der Waals surface area contributed by atoms with Crippen molar-refractivity contribution >= 4 is 38.9 Å². The van der Waals surface area contributed by atoms with Gasteiger partial charge in [0.05, 0.1) is 22.2 Å². The number of nitrogen functional groups attached to an aromatic ring is 1. The summed E-state index contributed by atoms with van der Waals surface area (Å²) in [6.07, 6.45) is 0. The van der Waals surface area contributed by atoms with Crippen LogP contribution < -0.4 is 15.4 Å². The minimum absolute atomic E-state index is 0.0957. The van der Waals surface area contributed by atoms with Crippen molar-refractivity contribution in [1.29, 1.82) is 0 Å². The molecule has 1 atom stereocenters. The average molecular weight is 442 g/mol. The van der Waals surface area contributed by atoms with Crippen LogP contribution in [-0.2, 0) is 14.8 Å². The first-order valence-corrected chi connectivity index (χ1v) is 10.3. The summed E-state index contributed by atoms with van der Waals surface area (Å²) in [5, 5.41) is 12.5. The lowest BCUT2D eigenvalue weighted by atomic mass is 10.1. The molecule has 0 bridgehead atoms. The molecule has 0 aliphatic heterocycles. The molecule has 0 aliphatic rings. The molecule has 4 N–H and O–H groups in total. The average Bonchev–Trinajstić information content (AvgIpc) is 2.63. The highest BCUT2D eigenvalue weighted by Gasteiger charge is 2.29. The highest BCUT2D eigenvalue weighted by Crippen LogP contribution is 2.35. The van der Waals surface area contributed by atoms with Crippen molar-refractivity contribution in [2.75, 3.05) is 16.6 Å². The normalized spacial score (nSPS) is 12.3. The summed E-state index contributed by atoms with van der Waals surface area (Å²) < 4.78 is 41.0. The van der Waals surface area contributed by atoms with Gasteiger partial charge in [0.25, 0.3) is 10.0 Å². The number of carbonyl (C=O) groups excluding carboxylic acids is 1. The lowest BCUT2D eigenvalue weighted by Crippen LogP contribution is -2.39. The van der Waals surface area contributed by atoms with Gasteiger partial charge in [-0.3, -0.25) is 9.10 Å². The minimum Gasteiger partial charge on any atom is -0.506 e. The van der Waals surface area contributed by atoms with E-state index in [1.54, 1.807) is 6.92 Å².